The van der Waals surface area contributed by atoms with Crippen molar-refractivity contribution >= 4 is 12.0 Å². The molecule has 1 spiro atoms. The number of pyridine rings is 1. The van der Waals surface area contributed by atoms with E-state index >= 15 is 0 Å². The maximum atomic E-state index is 12.5. The summed E-state index contributed by atoms with van der Waals surface area (Å²) in [4.78, 5) is 32.8. The molecular weight excluding hydrogens is 342 g/mol. The first-order valence-electron chi connectivity index (χ1n) is 9.85. The Labute approximate surface area is 161 Å². The quantitative estimate of drug-likeness (QED) is 0.814. The molecule has 1 aromatic heterocycles. The molecular formula is C21H31N3O3. The Bertz CT molecular complexity index is 671. The van der Waals surface area contributed by atoms with Crippen molar-refractivity contribution in [1.29, 1.82) is 0 Å². The van der Waals surface area contributed by atoms with Crippen molar-refractivity contribution in [3.05, 3.63) is 30.1 Å². The van der Waals surface area contributed by atoms with Gasteiger partial charge >= 0.3 is 6.09 Å². The van der Waals surface area contributed by atoms with Gasteiger partial charge in [0.1, 0.15) is 0 Å². The Kier molecular flexibility index (Phi) is 5.72. The molecule has 6 heteroatoms. The van der Waals surface area contributed by atoms with E-state index in [9.17, 15) is 9.59 Å². The molecule has 2 saturated heterocycles. The summed E-state index contributed by atoms with van der Waals surface area (Å²) in [5.74, 6) is 0.199. The molecule has 1 aromatic rings. The number of carbonyl (C=O) groups is 2. The van der Waals surface area contributed by atoms with Gasteiger partial charge in [-0.2, -0.15) is 0 Å². The van der Waals surface area contributed by atoms with Gasteiger partial charge in [-0.05, 0) is 42.4 Å². The molecule has 6 nitrogen and oxygen atoms in total. The van der Waals surface area contributed by atoms with Gasteiger partial charge in [-0.3, -0.25) is 9.78 Å². The summed E-state index contributed by atoms with van der Waals surface area (Å²) in [7, 11) is 0. The standard InChI is InChI=1S/C21H31N3O3/c1-20(2,3)16-27-19(26)23-12-4-8-21(14-23)9-5-18(25)24(15-21)13-17-6-10-22-11-7-17/h6-7,10-11H,4-5,8-9,12-16H2,1-3H3. The van der Waals surface area contributed by atoms with Crippen molar-refractivity contribution in [3.63, 3.8) is 0 Å². The Hall–Kier alpha value is -2.11. The Balaban J connectivity index is 1.64. The zero-order valence-electron chi connectivity index (χ0n) is 16.7. The number of likely N-dealkylation sites (tertiary alicyclic amines) is 2. The molecule has 0 radical (unpaired) electrons. The second kappa shape index (κ2) is 7.87. The van der Waals surface area contributed by atoms with Crippen LogP contribution < -0.4 is 0 Å². The minimum Gasteiger partial charge on any atom is -0.449 e. The first kappa shape index (κ1) is 19.6. The lowest BCUT2D eigenvalue weighted by molar-refractivity contribution is -0.139. The zero-order valence-corrected chi connectivity index (χ0v) is 16.7. The lowest BCUT2D eigenvalue weighted by Gasteiger charge is -2.48. The van der Waals surface area contributed by atoms with Gasteiger partial charge in [0.05, 0.1) is 6.61 Å². The second-order valence-electron chi connectivity index (χ2n) is 9.25. The van der Waals surface area contributed by atoms with Gasteiger partial charge in [0.25, 0.3) is 0 Å². The van der Waals surface area contributed by atoms with E-state index < -0.39 is 0 Å². The van der Waals surface area contributed by atoms with E-state index in [0.717, 1.165) is 31.4 Å². The van der Waals surface area contributed by atoms with Gasteiger partial charge in [0.15, 0.2) is 0 Å². The van der Waals surface area contributed by atoms with Crippen LogP contribution in [0.15, 0.2) is 24.5 Å². The number of carbonyl (C=O) groups excluding carboxylic acids is 2. The second-order valence-corrected chi connectivity index (χ2v) is 9.25. The van der Waals surface area contributed by atoms with Crippen LogP contribution in [0.5, 0.6) is 0 Å². The van der Waals surface area contributed by atoms with Crippen LogP contribution >= 0.6 is 0 Å². The highest BCUT2D eigenvalue weighted by atomic mass is 16.6. The molecule has 1 atom stereocenters. The molecule has 0 aliphatic carbocycles. The van der Waals surface area contributed by atoms with E-state index in [1.165, 1.54) is 0 Å². The maximum absolute atomic E-state index is 12.5. The molecule has 0 bridgehead atoms. The van der Waals surface area contributed by atoms with E-state index in [0.29, 0.717) is 32.7 Å². The molecule has 27 heavy (non-hydrogen) atoms. The molecule has 0 N–H and O–H groups in total. The average Bonchev–Trinajstić information content (AvgIpc) is 2.63. The summed E-state index contributed by atoms with van der Waals surface area (Å²) in [6.07, 6.45) is 6.71. The third-order valence-corrected chi connectivity index (χ3v) is 5.42. The topological polar surface area (TPSA) is 62.7 Å². The number of hydrogen-bond donors (Lipinski definition) is 0. The third-order valence-electron chi connectivity index (χ3n) is 5.42. The number of aromatic nitrogens is 1. The SMILES string of the molecule is CC(C)(C)COC(=O)N1CCCC2(CCC(=O)N(Cc3ccncc3)C2)C1. The first-order chi connectivity index (χ1) is 12.8. The number of amides is 2. The fourth-order valence-electron chi connectivity index (χ4n) is 4.02. The highest BCUT2D eigenvalue weighted by Crippen LogP contribution is 2.39. The van der Waals surface area contributed by atoms with Gasteiger partial charge < -0.3 is 14.5 Å². The summed E-state index contributed by atoms with van der Waals surface area (Å²) in [6.45, 7) is 9.32. The van der Waals surface area contributed by atoms with Crippen LogP contribution in [0.2, 0.25) is 0 Å². The fourth-order valence-corrected chi connectivity index (χ4v) is 4.02. The minimum absolute atomic E-state index is 0.0139. The number of rotatable bonds is 3. The van der Waals surface area contributed by atoms with Crippen molar-refractivity contribution in [1.82, 2.24) is 14.8 Å². The number of nitrogens with zero attached hydrogens (tertiary/aromatic N) is 3. The van der Waals surface area contributed by atoms with Crippen LogP contribution in [0, 0.1) is 10.8 Å². The van der Waals surface area contributed by atoms with Gasteiger partial charge in [-0.25, -0.2) is 4.79 Å². The zero-order chi connectivity index (χ0) is 19.5. The lowest BCUT2D eigenvalue weighted by atomic mass is 9.73. The largest absolute Gasteiger partial charge is 0.449 e. The molecule has 2 aliphatic heterocycles. The lowest BCUT2D eigenvalue weighted by Crippen LogP contribution is -2.55. The molecule has 0 aromatic carbocycles. The third kappa shape index (κ3) is 5.21. The van der Waals surface area contributed by atoms with Gasteiger partial charge in [-0.1, -0.05) is 20.8 Å². The van der Waals surface area contributed by atoms with Crippen molar-refractivity contribution in [3.8, 4) is 0 Å². The molecule has 2 aliphatic rings. The summed E-state index contributed by atoms with van der Waals surface area (Å²) in [5, 5.41) is 0. The highest BCUT2D eigenvalue weighted by molar-refractivity contribution is 5.77. The van der Waals surface area contributed by atoms with Crippen LogP contribution in [-0.4, -0.2) is 53.0 Å². The summed E-state index contributed by atoms with van der Waals surface area (Å²) < 4.78 is 5.52. The van der Waals surface area contributed by atoms with Crippen LogP contribution in [-0.2, 0) is 16.1 Å². The van der Waals surface area contributed by atoms with E-state index in [2.05, 4.69) is 25.8 Å². The molecule has 2 amide bonds. The molecule has 148 valence electrons. The van der Waals surface area contributed by atoms with Crippen molar-refractivity contribution in [2.45, 2.75) is 53.0 Å². The predicted molar refractivity (Wildman–Crippen MR) is 103 cm³/mol. The predicted octanol–water partition coefficient (Wildman–Crippen LogP) is 3.47. The fraction of sp³-hybridized carbons (Fsp3) is 0.667. The van der Waals surface area contributed by atoms with E-state index in [-0.39, 0.29) is 22.8 Å². The minimum atomic E-state index is -0.221. The first-order valence-corrected chi connectivity index (χ1v) is 9.85. The van der Waals surface area contributed by atoms with E-state index in [4.69, 9.17) is 4.74 Å². The van der Waals surface area contributed by atoms with Crippen LogP contribution in [0.4, 0.5) is 4.79 Å². The highest BCUT2D eigenvalue weighted by Gasteiger charge is 2.43. The number of piperidine rings is 2. The Morgan fingerprint density at radius 1 is 1.22 bits per heavy atom. The Morgan fingerprint density at radius 3 is 2.67 bits per heavy atom. The van der Waals surface area contributed by atoms with Gasteiger partial charge in [-0.15, -0.1) is 0 Å². The van der Waals surface area contributed by atoms with Crippen LogP contribution in [0.3, 0.4) is 0 Å². The molecule has 3 rings (SSSR count). The summed E-state index contributed by atoms with van der Waals surface area (Å²) in [6, 6.07) is 3.90. The van der Waals surface area contributed by atoms with Crippen LogP contribution in [0.25, 0.3) is 0 Å². The van der Waals surface area contributed by atoms with Gasteiger partial charge in [0.2, 0.25) is 5.91 Å². The van der Waals surface area contributed by atoms with Crippen molar-refractivity contribution in [2.75, 3.05) is 26.2 Å². The van der Waals surface area contributed by atoms with E-state index in [1.807, 2.05) is 21.9 Å². The molecule has 3 heterocycles. The summed E-state index contributed by atoms with van der Waals surface area (Å²) >= 11 is 0. The molecule has 0 saturated carbocycles. The monoisotopic (exact) mass is 373 g/mol. The molecule has 1 unspecified atom stereocenters. The summed E-state index contributed by atoms with van der Waals surface area (Å²) in [5.41, 5.74) is 1.04. The smallest absolute Gasteiger partial charge is 0.409 e. The number of ether oxygens (including phenoxy) is 1. The molecule has 2 fully saturated rings. The van der Waals surface area contributed by atoms with Crippen LogP contribution in [0.1, 0.15) is 52.0 Å². The number of hydrogen-bond acceptors (Lipinski definition) is 4. The Morgan fingerprint density at radius 2 is 1.96 bits per heavy atom. The average molecular weight is 373 g/mol. The normalized spacial score (nSPS) is 23.6. The van der Waals surface area contributed by atoms with E-state index in [1.54, 1.807) is 12.4 Å². The maximum Gasteiger partial charge on any atom is 0.409 e. The van der Waals surface area contributed by atoms with Crippen molar-refractivity contribution < 1.29 is 14.3 Å². The van der Waals surface area contributed by atoms with Gasteiger partial charge in [0, 0.05) is 50.4 Å². The van der Waals surface area contributed by atoms with Crippen molar-refractivity contribution in [2.24, 2.45) is 10.8 Å².